The van der Waals surface area contributed by atoms with E-state index in [0.29, 0.717) is 35.1 Å². The lowest BCUT2D eigenvalue weighted by molar-refractivity contribution is -0.150. The highest BCUT2D eigenvalue weighted by molar-refractivity contribution is 6.13. The molecule has 2 aromatic rings. The molecule has 8 nitrogen and oxygen atoms in total. The Morgan fingerprint density at radius 3 is 1.97 bits per heavy atom. The second kappa shape index (κ2) is 8.52. The smallest absolute Gasteiger partial charge is 0.322 e. The molecular weight excluding hydrogens is 390 g/mol. The summed E-state index contributed by atoms with van der Waals surface area (Å²) in [7, 11) is 7.37. The van der Waals surface area contributed by atoms with Crippen molar-refractivity contribution in [2.75, 3.05) is 40.9 Å². The maximum Gasteiger partial charge on any atom is 0.322 e. The Morgan fingerprint density at radius 2 is 1.50 bits per heavy atom. The zero-order valence-electron chi connectivity index (χ0n) is 17.6. The number of carbonyl (C=O) groups excluding carboxylic acids is 2. The highest BCUT2D eigenvalue weighted by Gasteiger charge is 2.67. The third kappa shape index (κ3) is 3.60. The summed E-state index contributed by atoms with van der Waals surface area (Å²) >= 11 is 0. The van der Waals surface area contributed by atoms with Crippen molar-refractivity contribution in [3.63, 3.8) is 0 Å². The Kier molecular flexibility index (Phi) is 6.05. The van der Waals surface area contributed by atoms with Crippen LogP contribution >= 0.6 is 0 Å². The number of methoxy groups -OCH3 is 5. The van der Waals surface area contributed by atoms with Gasteiger partial charge in [-0.2, -0.15) is 0 Å². The summed E-state index contributed by atoms with van der Waals surface area (Å²) < 4.78 is 26.2. The van der Waals surface area contributed by atoms with Crippen molar-refractivity contribution in [2.24, 2.45) is 5.41 Å². The van der Waals surface area contributed by atoms with Crippen LogP contribution in [-0.4, -0.2) is 47.4 Å². The molecule has 2 unspecified atom stereocenters. The van der Waals surface area contributed by atoms with Crippen LogP contribution in [0.25, 0.3) is 0 Å². The second-order valence-corrected chi connectivity index (χ2v) is 6.86. The molecular formula is C22H25NO7. The van der Waals surface area contributed by atoms with Crippen LogP contribution < -0.4 is 24.3 Å². The molecule has 8 heteroatoms. The van der Waals surface area contributed by atoms with Crippen LogP contribution in [0.15, 0.2) is 36.4 Å². The van der Waals surface area contributed by atoms with E-state index in [1.807, 2.05) is 0 Å². The number of amides is 1. The van der Waals surface area contributed by atoms with E-state index in [9.17, 15) is 9.59 Å². The van der Waals surface area contributed by atoms with Crippen molar-refractivity contribution in [2.45, 2.75) is 12.3 Å². The molecule has 1 aliphatic carbocycles. The molecule has 30 heavy (non-hydrogen) atoms. The van der Waals surface area contributed by atoms with Crippen molar-refractivity contribution >= 4 is 17.6 Å². The van der Waals surface area contributed by atoms with Crippen LogP contribution in [0.3, 0.4) is 0 Å². The quantitative estimate of drug-likeness (QED) is 0.523. The van der Waals surface area contributed by atoms with Gasteiger partial charge >= 0.3 is 5.97 Å². The molecule has 1 amide bonds. The molecule has 1 aliphatic rings. The summed E-state index contributed by atoms with van der Waals surface area (Å²) in [5.74, 6) is 0.594. The van der Waals surface area contributed by atoms with Crippen LogP contribution in [0.2, 0.25) is 0 Å². The zero-order valence-corrected chi connectivity index (χ0v) is 17.6. The average Bonchev–Trinajstić information content (AvgIpc) is 3.55. The highest BCUT2D eigenvalue weighted by atomic mass is 16.5. The molecule has 1 N–H and O–H groups in total. The lowest BCUT2D eigenvalue weighted by atomic mass is 9.97. The van der Waals surface area contributed by atoms with Gasteiger partial charge in [0, 0.05) is 11.6 Å². The van der Waals surface area contributed by atoms with Crippen molar-refractivity contribution in [1.82, 2.24) is 0 Å². The van der Waals surface area contributed by atoms with Crippen molar-refractivity contribution in [3.05, 3.63) is 42.0 Å². The van der Waals surface area contributed by atoms with Gasteiger partial charge in [0.15, 0.2) is 16.9 Å². The van der Waals surface area contributed by atoms with E-state index in [-0.39, 0.29) is 0 Å². The van der Waals surface area contributed by atoms with E-state index in [1.54, 1.807) is 43.5 Å². The summed E-state index contributed by atoms with van der Waals surface area (Å²) in [6, 6.07) is 10.4. The van der Waals surface area contributed by atoms with Gasteiger partial charge < -0.3 is 29.0 Å². The summed E-state index contributed by atoms with van der Waals surface area (Å²) in [5.41, 5.74) is -0.0568. The van der Waals surface area contributed by atoms with E-state index in [4.69, 9.17) is 23.7 Å². The molecule has 2 atom stereocenters. The summed E-state index contributed by atoms with van der Waals surface area (Å²) in [6.45, 7) is 0. The van der Waals surface area contributed by atoms with Crippen LogP contribution in [0.1, 0.15) is 17.9 Å². The first-order valence-electron chi connectivity index (χ1n) is 9.29. The molecule has 2 aromatic carbocycles. The SMILES string of the molecule is COC(=O)C1(C(=O)Nc2ccc(OC)cc2)CC1c1cc(OC)c(OC)c(OC)c1. The number of rotatable bonds is 8. The minimum absolute atomic E-state index is 0.306. The standard InChI is InChI=1S/C22H25NO7/c1-26-15-8-6-14(7-9-15)23-20(24)22(21(25)30-5)12-16(22)13-10-17(27-2)19(29-4)18(11-13)28-3/h6-11,16H,12H2,1-5H3,(H,23,24). The van der Waals surface area contributed by atoms with Crippen LogP contribution in [0, 0.1) is 5.41 Å². The number of nitrogens with one attached hydrogen (secondary N) is 1. The predicted octanol–water partition coefficient (Wildman–Crippen LogP) is 3.01. The second-order valence-electron chi connectivity index (χ2n) is 6.86. The van der Waals surface area contributed by atoms with Crippen molar-refractivity contribution in [3.8, 4) is 23.0 Å². The summed E-state index contributed by atoms with van der Waals surface area (Å²) in [5, 5.41) is 2.81. The van der Waals surface area contributed by atoms with Crippen LogP contribution in [0.4, 0.5) is 5.69 Å². The number of carbonyl (C=O) groups is 2. The topological polar surface area (TPSA) is 92.3 Å². The number of benzene rings is 2. The first-order chi connectivity index (χ1) is 14.4. The molecule has 0 radical (unpaired) electrons. The fourth-order valence-corrected chi connectivity index (χ4v) is 3.64. The van der Waals surface area contributed by atoms with Gasteiger partial charge in [-0.3, -0.25) is 9.59 Å². The maximum absolute atomic E-state index is 13.1. The molecule has 1 fully saturated rings. The van der Waals surface area contributed by atoms with Gasteiger partial charge in [-0.1, -0.05) is 0 Å². The Hall–Kier alpha value is -3.42. The Bertz CT molecular complexity index is 916. The number of hydrogen-bond acceptors (Lipinski definition) is 7. The van der Waals surface area contributed by atoms with E-state index in [2.05, 4.69) is 5.32 Å². The van der Waals surface area contributed by atoms with Gasteiger partial charge in [-0.05, 0) is 48.4 Å². The summed E-state index contributed by atoms with van der Waals surface area (Å²) in [4.78, 5) is 25.8. The number of esters is 1. The van der Waals surface area contributed by atoms with Crippen molar-refractivity contribution in [1.29, 1.82) is 0 Å². The molecule has 0 aromatic heterocycles. The zero-order chi connectivity index (χ0) is 21.9. The van der Waals surface area contributed by atoms with E-state index < -0.39 is 23.2 Å². The Balaban J connectivity index is 1.93. The average molecular weight is 415 g/mol. The molecule has 0 bridgehead atoms. The lowest BCUT2D eigenvalue weighted by Crippen LogP contribution is -2.34. The van der Waals surface area contributed by atoms with Gasteiger partial charge in [0.2, 0.25) is 11.7 Å². The lowest BCUT2D eigenvalue weighted by Gasteiger charge is -2.17. The fourth-order valence-electron chi connectivity index (χ4n) is 3.64. The summed E-state index contributed by atoms with van der Waals surface area (Å²) in [6.07, 6.45) is 0.306. The van der Waals surface area contributed by atoms with E-state index in [1.165, 1.54) is 28.4 Å². The van der Waals surface area contributed by atoms with E-state index >= 15 is 0 Å². The monoisotopic (exact) mass is 415 g/mol. The Labute approximate surface area is 175 Å². The molecule has 0 heterocycles. The maximum atomic E-state index is 13.1. The number of ether oxygens (including phenoxy) is 5. The number of hydrogen-bond donors (Lipinski definition) is 1. The highest BCUT2D eigenvalue weighted by Crippen LogP contribution is 2.62. The van der Waals surface area contributed by atoms with Gasteiger partial charge in [-0.15, -0.1) is 0 Å². The van der Waals surface area contributed by atoms with E-state index in [0.717, 1.165) is 5.56 Å². The third-order valence-electron chi connectivity index (χ3n) is 5.35. The molecule has 1 saturated carbocycles. The normalized spacial score (nSPS) is 19.4. The first kappa shape index (κ1) is 21.3. The molecule has 160 valence electrons. The van der Waals surface area contributed by atoms with Gasteiger partial charge in [0.25, 0.3) is 0 Å². The molecule has 3 rings (SSSR count). The largest absolute Gasteiger partial charge is 0.497 e. The first-order valence-corrected chi connectivity index (χ1v) is 9.29. The molecule has 0 spiro atoms. The molecule has 0 saturated heterocycles. The fraction of sp³-hybridized carbons (Fsp3) is 0.364. The third-order valence-corrected chi connectivity index (χ3v) is 5.35. The van der Waals surface area contributed by atoms with Crippen LogP contribution in [-0.2, 0) is 14.3 Å². The minimum Gasteiger partial charge on any atom is -0.497 e. The van der Waals surface area contributed by atoms with Gasteiger partial charge in [0.05, 0.1) is 35.5 Å². The molecule has 0 aliphatic heterocycles. The van der Waals surface area contributed by atoms with Gasteiger partial charge in [-0.25, -0.2) is 0 Å². The van der Waals surface area contributed by atoms with Crippen LogP contribution in [0.5, 0.6) is 23.0 Å². The number of anilines is 1. The van der Waals surface area contributed by atoms with Crippen molar-refractivity contribution < 1.29 is 33.3 Å². The predicted molar refractivity (Wildman–Crippen MR) is 110 cm³/mol. The Morgan fingerprint density at radius 1 is 0.900 bits per heavy atom. The van der Waals surface area contributed by atoms with Gasteiger partial charge in [0.1, 0.15) is 5.75 Å². The minimum atomic E-state index is -1.33.